The zero-order valence-corrected chi connectivity index (χ0v) is 20.2. The Hall–Kier alpha value is -3.70. The number of aromatic nitrogens is 3. The molecule has 0 amide bonds. The number of aryl methyl sites for hydroxylation is 1. The lowest BCUT2D eigenvalue weighted by molar-refractivity contribution is -0.242. The molecule has 0 bridgehead atoms. The number of alkyl halides is 6. The van der Waals surface area contributed by atoms with Crippen molar-refractivity contribution in [2.24, 2.45) is 0 Å². The van der Waals surface area contributed by atoms with Gasteiger partial charge in [-0.25, -0.2) is 19.7 Å². The minimum absolute atomic E-state index is 0.0612. The maximum absolute atomic E-state index is 13.9. The number of piperidine rings is 1. The van der Waals surface area contributed by atoms with Crippen LogP contribution in [0.5, 0.6) is 0 Å². The van der Waals surface area contributed by atoms with Gasteiger partial charge in [-0.2, -0.15) is 31.6 Å². The van der Waals surface area contributed by atoms with Gasteiger partial charge in [0.1, 0.15) is 17.6 Å². The number of halogens is 7. The van der Waals surface area contributed by atoms with E-state index < -0.39 is 35.0 Å². The second kappa shape index (κ2) is 9.55. The Bertz CT molecular complexity index is 1460. The van der Waals surface area contributed by atoms with Crippen molar-refractivity contribution >= 4 is 34.3 Å². The number of nitrogens with zero attached hydrogens (tertiary/aromatic N) is 5. The molecule has 1 aliphatic rings. The summed E-state index contributed by atoms with van der Waals surface area (Å²) in [6.07, 6.45) is -8.94. The van der Waals surface area contributed by atoms with E-state index in [0.29, 0.717) is 0 Å². The zero-order valence-electron chi connectivity index (χ0n) is 19.4. The summed E-state index contributed by atoms with van der Waals surface area (Å²) >= 11 is 6.43. The fraction of sp³-hybridized carbons (Fsp3) is 0.348. The lowest BCUT2D eigenvalue weighted by Gasteiger charge is -2.36. The third kappa shape index (κ3) is 5.03. The predicted octanol–water partition coefficient (Wildman–Crippen LogP) is 5.13. The number of hydrogen-bond donors (Lipinski definition) is 1. The van der Waals surface area contributed by atoms with Gasteiger partial charge in [-0.05, 0) is 43.5 Å². The summed E-state index contributed by atoms with van der Waals surface area (Å²) in [5.74, 6) is -2.52. The Morgan fingerprint density at radius 2 is 1.82 bits per heavy atom. The number of benzene rings is 1. The lowest BCUT2D eigenvalue weighted by Crippen LogP contribution is -2.45. The van der Waals surface area contributed by atoms with E-state index in [1.54, 1.807) is 0 Å². The van der Waals surface area contributed by atoms with Crippen molar-refractivity contribution in [3.63, 3.8) is 0 Å². The topological polar surface area (TPSA) is 118 Å². The maximum atomic E-state index is 13.9. The molecule has 0 saturated carbocycles. The number of hydroxylamine groups is 2. The van der Waals surface area contributed by atoms with E-state index in [0.717, 1.165) is 17.5 Å². The molecule has 2 aromatic heterocycles. The fourth-order valence-electron chi connectivity index (χ4n) is 4.42. The molecule has 38 heavy (non-hydrogen) atoms. The summed E-state index contributed by atoms with van der Waals surface area (Å²) in [5.41, 5.74) is 2.99. The molecule has 200 valence electrons. The highest BCUT2D eigenvalue weighted by atomic mass is 35.5. The van der Waals surface area contributed by atoms with Crippen molar-refractivity contribution in [1.29, 1.82) is 5.26 Å². The van der Waals surface area contributed by atoms with Crippen molar-refractivity contribution in [1.82, 2.24) is 20.0 Å². The molecule has 1 fully saturated rings. The van der Waals surface area contributed by atoms with Crippen LogP contribution in [0.1, 0.15) is 29.7 Å². The summed E-state index contributed by atoms with van der Waals surface area (Å²) in [7, 11) is 0. The van der Waals surface area contributed by atoms with Crippen LogP contribution < -0.4 is 5.73 Å². The molecule has 2 N–H and O–H groups in total. The number of pyridine rings is 1. The standard InChI is InChI=1S/C23H17ClF6N6O2/c1-11-6-16(32)35-18(17(11)22(25,26)27)12-8-15-13(7-14(12)24)19(34-10-33-15)21(9-31)2-4-36(5-3-21)38-20(37)23(28,29)30/h6-8,10H,2-5H2,1H3,(H2,32,35). The fourth-order valence-corrected chi connectivity index (χ4v) is 4.67. The lowest BCUT2D eigenvalue weighted by atomic mass is 9.76. The van der Waals surface area contributed by atoms with Crippen molar-refractivity contribution in [2.75, 3.05) is 18.8 Å². The normalized spacial score (nSPS) is 16.3. The van der Waals surface area contributed by atoms with Crippen LogP contribution in [0.25, 0.3) is 22.2 Å². The molecule has 8 nitrogen and oxygen atoms in total. The van der Waals surface area contributed by atoms with Gasteiger partial charge in [-0.15, -0.1) is 5.06 Å². The van der Waals surface area contributed by atoms with E-state index in [2.05, 4.69) is 25.9 Å². The second-order valence-electron chi connectivity index (χ2n) is 8.66. The van der Waals surface area contributed by atoms with Gasteiger partial charge >= 0.3 is 18.3 Å². The first-order valence-corrected chi connectivity index (χ1v) is 11.3. The molecule has 1 aliphatic heterocycles. The Kier molecular flexibility index (Phi) is 6.87. The molecule has 1 saturated heterocycles. The third-order valence-corrected chi connectivity index (χ3v) is 6.50. The van der Waals surface area contributed by atoms with Crippen LogP contribution >= 0.6 is 11.6 Å². The van der Waals surface area contributed by atoms with Gasteiger partial charge in [0.05, 0.1) is 33.6 Å². The molecule has 15 heteroatoms. The Balaban J connectivity index is 1.76. The van der Waals surface area contributed by atoms with Crippen molar-refractivity contribution in [3.05, 3.63) is 46.4 Å². The summed E-state index contributed by atoms with van der Waals surface area (Å²) in [4.78, 5) is 27.7. The number of anilines is 1. The minimum atomic E-state index is -5.18. The van der Waals surface area contributed by atoms with Gasteiger partial charge in [0.15, 0.2) is 0 Å². The minimum Gasteiger partial charge on any atom is -0.384 e. The van der Waals surface area contributed by atoms with Gasteiger partial charge in [0.2, 0.25) is 0 Å². The van der Waals surface area contributed by atoms with E-state index in [1.807, 2.05) is 0 Å². The monoisotopic (exact) mass is 558 g/mol. The number of fused-ring (bicyclic) bond motifs is 1. The van der Waals surface area contributed by atoms with Crippen LogP contribution in [0.4, 0.5) is 32.2 Å². The van der Waals surface area contributed by atoms with Crippen molar-refractivity contribution in [3.8, 4) is 17.3 Å². The number of rotatable bonds is 3. The van der Waals surface area contributed by atoms with Gasteiger partial charge in [0.25, 0.3) is 0 Å². The highest BCUT2D eigenvalue weighted by molar-refractivity contribution is 6.34. The number of hydrogen-bond acceptors (Lipinski definition) is 8. The molecule has 1 aromatic carbocycles. The van der Waals surface area contributed by atoms with Crippen LogP contribution in [-0.4, -0.2) is 45.3 Å². The van der Waals surface area contributed by atoms with Crippen LogP contribution in [0.3, 0.4) is 0 Å². The molecule has 0 spiro atoms. The Morgan fingerprint density at radius 3 is 2.39 bits per heavy atom. The number of carbonyl (C=O) groups excluding carboxylic acids is 1. The number of carbonyl (C=O) groups is 1. The molecule has 3 heterocycles. The first kappa shape index (κ1) is 27.3. The molecular weight excluding hydrogens is 542 g/mol. The highest BCUT2D eigenvalue weighted by Gasteiger charge is 2.45. The first-order valence-electron chi connectivity index (χ1n) is 10.9. The van der Waals surface area contributed by atoms with Gasteiger partial charge in [-0.1, -0.05) is 11.6 Å². The zero-order chi connectivity index (χ0) is 28.0. The van der Waals surface area contributed by atoms with Crippen molar-refractivity contribution < 1.29 is 36.0 Å². The summed E-state index contributed by atoms with van der Waals surface area (Å²) < 4.78 is 79.2. The van der Waals surface area contributed by atoms with Gasteiger partial charge in [0, 0.05) is 24.0 Å². The number of nitrogens with two attached hydrogens (primary N) is 1. The van der Waals surface area contributed by atoms with E-state index in [9.17, 15) is 36.4 Å². The number of nitriles is 1. The average Bonchev–Trinajstić information content (AvgIpc) is 2.82. The number of nitrogen functional groups attached to an aromatic ring is 1. The highest BCUT2D eigenvalue weighted by Crippen LogP contribution is 2.44. The maximum Gasteiger partial charge on any atom is 0.492 e. The molecule has 4 rings (SSSR count). The molecule has 0 radical (unpaired) electrons. The van der Waals surface area contributed by atoms with E-state index in [4.69, 9.17) is 17.3 Å². The molecule has 0 aliphatic carbocycles. The Labute approximate surface area is 215 Å². The largest absolute Gasteiger partial charge is 0.492 e. The molecular formula is C23H17ClF6N6O2. The third-order valence-electron chi connectivity index (χ3n) is 6.19. The predicted molar refractivity (Wildman–Crippen MR) is 122 cm³/mol. The summed E-state index contributed by atoms with van der Waals surface area (Å²) in [5, 5.41) is 11.0. The quantitative estimate of drug-likeness (QED) is 0.440. The van der Waals surface area contributed by atoms with Crippen LogP contribution in [0, 0.1) is 18.3 Å². The van der Waals surface area contributed by atoms with Crippen LogP contribution in [0.15, 0.2) is 24.5 Å². The molecule has 0 atom stereocenters. The SMILES string of the molecule is Cc1cc(N)nc(-c2cc3ncnc(C4(C#N)CCN(OC(=O)C(F)(F)F)CC4)c3cc2Cl)c1C(F)(F)F. The Morgan fingerprint density at radius 1 is 1.16 bits per heavy atom. The van der Waals surface area contributed by atoms with Crippen LogP contribution in [0.2, 0.25) is 5.02 Å². The average molecular weight is 559 g/mol. The van der Waals surface area contributed by atoms with Gasteiger partial charge < -0.3 is 10.6 Å². The van der Waals surface area contributed by atoms with Crippen molar-refractivity contribution in [2.45, 2.75) is 37.5 Å². The smallest absolute Gasteiger partial charge is 0.384 e. The first-order chi connectivity index (χ1) is 17.7. The van der Waals surface area contributed by atoms with E-state index in [1.165, 1.54) is 19.1 Å². The van der Waals surface area contributed by atoms with E-state index >= 15 is 0 Å². The summed E-state index contributed by atoms with van der Waals surface area (Å²) in [6, 6.07) is 5.83. The molecule has 3 aromatic rings. The second-order valence-corrected chi connectivity index (χ2v) is 9.06. The summed E-state index contributed by atoms with van der Waals surface area (Å²) in [6.45, 7) is 0.844. The molecule has 0 unspecified atom stereocenters. The van der Waals surface area contributed by atoms with E-state index in [-0.39, 0.29) is 64.5 Å². The van der Waals surface area contributed by atoms with Gasteiger partial charge in [-0.3, -0.25) is 0 Å². The van der Waals surface area contributed by atoms with Crippen LogP contribution in [-0.2, 0) is 21.2 Å².